The van der Waals surface area contributed by atoms with Gasteiger partial charge in [-0.15, -0.1) is 0 Å². The van der Waals surface area contributed by atoms with Gasteiger partial charge in [0.1, 0.15) is 0 Å². The van der Waals surface area contributed by atoms with Crippen LogP contribution in [0.2, 0.25) is 0 Å². The molecular weight excluding hydrogens is 186 g/mol. The molecule has 0 aromatic carbocycles. The van der Waals surface area contributed by atoms with Crippen molar-refractivity contribution in [2.45, 2.75) is 19.4 Å². The number of hydrogen-bond acceptors (Lipinski definition) is 4. The van der Waals surface area contributed by atoms with E-state index in [1.165, 1.54) is 4.90 Å². The number of imide groups is 1. The van der Waals surface area contributed by atoms with E-state index in [0.29, 0.717) is 6.42 Å². The number of piperazine rings is 1. The summed E-state index contributed by atoms with van der Waals surface area (Å²) in [4.78, 5) is 34.5. The van der Waals surface area contributed by atoms with Crippen LogP contribution in [0.5, 0.6) is 0 Å². The molecule has 1 fully saturated rings. The van der Waals surface area contributed by atoms with Gasteiger partial charge in [0.15, 0.2) is 0 Å². The molecule has 0 saturated carbocycles. The number of nitrogens with zero attached hydrogens (tertiary/aromatic N) is 1. The highest BCUT2D eigenvalue weighted by molar-refractivity contribution is 6.00. The fraction of sp³-hybridized carbons (Fsp3) is 0.625. The number of hydrogen-bond donors (Lipinski definition) is 2. The normalized spacial score (nSPS) is 20.4. The second kappa shape index (κ2) is 4.19. The van der Waals surface area contributed by atoms with Gasteiger partial charge in [0.2, 0.25) is 17.7 Å². The maximum absolute atomic E-state index is 11.0. The second-order valence-electron chi connectivity index (χ2n) is 3.20. The van der Waals surface area contributed by atoms with Crippen LogP contribution in [0, 0.1) is 0 Å². The first-order valence-electron chi connectivity index (χ1n) is 4.40. The predicted molar refractivity (Wildman–Crippen MR) is 48.0 cm³/mol. The number of nitrogens with two attached hydrogens (primary N) is 1. The van der Waals surface area contributed by atoms with Gasteiger partial charge in [0.05, 0.1) is 19.1 Å². The summed E-state index contributed by atoms with van der Waals surface area (Å²) < 4.78 is 0. The van der Waals surface area contributed by atoms with Crippen LogP contribution in [-0.2, 0) is 14.4 Å². The lowest BCUT2D eigenvalue weighted by Crippen LogP contribution is -2.57. The molecule has 3 N–H and O–H groups in total. The molecule has 0 aliphatic carbocycles. The molecule has 14 heavy (non-hydrogen) atoms. The Morgan fingerprint density at radius 1 is 1.50 bits per heavy atom. The van der Waals surface area contributed by atoms with Crippen molar-refractivity contribution in [1.82, 2.24) is 10.2 Å². The number of primary amides is 1. The van der Waals surface area contributed by atoms with Crippen molar-refractivity contribution in [3.63, 3.8) is 0 Å². The van der Waals surface area contributed by atoms with Gasteiger partial charge in [-0.2, -0.15) is 0 Å². The van der Waals surface area contributed by atoms with E-state index >= 15 is 0 Å². The molecule has 0 radical (unpaired) electrons. The number of carbonyl (C=O) groups is 3. The Balaban J connectivity index is 2.70. The molecule has 0 aromatic heterocycles. The molecule has 0 bridgehead atoms. The molecule has 1 atom stereocenters. The van der Waals surface area contributed by atoms with Crippen molar-refractivity contribution < 1.29 is 14.4 Å². The van der Waals surface area contributed by atoms with E-state index in [9.17, 15) is 14.4 Å². The number of rotatable bonds is 3. The van der Waals surface area contributed by atoms with Crippen molar-refractivity contribution >= 4 is 17.7 Å². The van der Waals surface area contributed by atoms with E-state index in [0.717, 1.165) is 0 Å². The predicted octanol–water partition coefficient (Wildman–Crippen LogP) is -1.79. The Labute approximate surface area is 81.4 Å². The first-order chi connectivity index (χ1) is 6.54. The Morgan fingerprint density at radius 3 is 2.36 bits per heavy atom. The molecule has 78 valence electrons. The van der Waals surface area contributed by atoms with E-state index in [4.69, 9.17) is 5.73 Å². The van der Waals surface area contributed by atoms with Crippen molar-refractivity contribution in [3.8, 4) is 0 Å². The van der Waals surface area contributed by atoms with E-state index < -0.39 is 11.9 Å². The Bertz CT molecular complexity index is 261. The molecule has 6 heteroatoms. The number of amides is 3. The van der Waals surface area contributed by atoms with Gasteiger partial charge >= 0.3 is 0 Å². The average molecular weight is 199 g/mol. The molecule has 1 aliphatic heterocycles. The maximum Gasteiger partial charge on any atom is 0.240 e. The van der Waals surface area contributed by atoms with E-state index in [2.05, 4.69) is 5.32 Å². The lowest BCUT2D eigenvalue weighted by Gasteiger charge is -2.30. The lowest BCUT2D eigenvalue weighted by molar-refractivity contribution is -0.138. The summed E-state index contributed by atoms with van der Waals surface area (Å²) in [5, 5.41) is 2.16. The largest absolute Gasteiger partial charge is 0.368 e. The molecule has 0 spiro atoms. The van der Waals surface area contributed by atoms with Gasteiger partial charge in [-0.25, -0.2) is 0 Å². The van der Waals surface area contributed by atoms with Gasteiger partial charge in [-0.1, -0.05) is 6.92 Å². The Kier molecular flexibility index (Phi) is 3.19. The molecule has 1 aliphatic rings. The molecule has 1 rings (SSSR count). The zero-order chi connectivity index (χ0) is 10.7. The van der Waals surface area contributed by atoms with Crippen LogP contribution in [0.3, 0.4) is 0 Å². The van der Waals surface area contributed by atoms with Crippen LogP contribution in [0.15, 0.2) is 0 Å². The number of carbonyl (C=O) groups excluding carboxylic acids is 3. The van der Waals surface area contributed by atoms with Gasteiger partial charge in [0, 0.05) is 0 Å². The summed E-state index contributed by atoms with van der Waals surface area (Å²) >= 11 is 0. The second-order valence-corrected chi connectivity index (χ2v) is 3.20. The molecule has 1 unspecified atom stereocenters. The van der Waals surface area contributed by atoms with Crippen molar-refractivity contribution in [3.05, 3.63) is 0 Å². The van der Waals surface area contributed by atoms with Crippen LogP contribution >= 0.6 is 0 Å². The minimum Gasteiger partial charge on any atom is -0.368 e. The Morgan fingerprint density at radius 2 is 2.00 bits per heavy atom. The molecule has 6 nitrogen and oxygen atoms in total. The standard InChI is InChI=1S/C8H13N3O3/c1-2-5(8(9)14)11-3-6(12)10-7(13)4-11/h5H,2-4H2,1H3,(H2,9,14)(H,10,12,13). The Hall–Kier alpha value is -1.43. The average Bonchev–Trinajstić information content (AvgIpc) is 2.02. The summed E-state index contributed by atoms with van der Waals surface area (Å²) in [5.41, 5.74) is 5.15. The molecule has 1 heterocycles. The molecule has 0 aromatic rings. The minimum absolute atomic E-state index is 0.0488. The van der Waals surface area contributed by atoms with Crippen LogP contribution in [0.4, 0.5) is 0 Å². The number of nitrogens with one attached hydrogen (secondary N) is 1. The van der Waals surface area contributed by atoms with E-state index in [1.54, 1.807) is 6.92 Å². The summed E-state index contributed by atoms with van der Waals surface area (Å²) in [5.74, 6) is -1.28. The minimum atomic E-state index is -0.537. The van der Waals surface area contributed by atoms with Gasteiger partial charge in [-0.3, -0.25) is 24.6 Å². The third-order valence-corrected chi connectivity index (χ3v) is 2.13. The maximum atomic E-state index is 11.0. The first kappa shape index (κ1) is 10.6. The zero-order valence-corrected chi connectivity index (χ0v) is 7.95. The zero-order valence-electron chi connectivity index (χ0n) is 7.95. The van der Waals surface area contributed by atoms with Gasteiger partial charge < -0.3 is 5.73 Å². The third-order valence-electron chi connectivity index (χ3n) is 2.13. The third kappa shape index (κ3) is 2.29. The smallest absolute Gasteiger partial charge is 0.240 e. The summed E-state index contributed by atoms with van der Waals surface area (Å²) in [7, 11) is 0. The summed E-state index contributed by atoms with van der Waals surface area (Å²) in [6.45, 7) is 1.88. The highest BCUT2D eigenvalue weighted by Crippen LogP contribution is 2.05. The highest BCUT2D eigenvalue weighted by Gasteiger charge is 2.30. The summed E-state index contributed by atoms with van der Waals surface area (Å²) in [6.07, 6.45) is 0.496. The monoisotopic (exact) mass is 199 g/mol. The van der Waals surface area contributed by atoms with Crippen LogP contribution in [0.25, 0.3) is 0 Å². The fourth-order valence-electron chi connectivity index (χ4n) is 1.52. The fourth-order valence-corrected chi connectivity index (χ4v) is 1.52. The SMILES string of the molecule is CCC(C(N)=O)N1CC(=O)NC(=O)C1. The van der Waals surface area contributed by atoms with Crippen molar-refractivity contribution in [1.29, 1.82) is 0 Å². The van der Waals surface area contributed by atoms with Crippen LogP contribution in [-0.4, -0.2) is 41.8 Å². The van der Waals surface area contributed by atoms with Crippen molar-refractivity contribution in [2.24, 2.45) is 5.73 Å². The van der Waals surface area contributed by atoms with Crippen LogP contribution < -0.4 is 11.1 Å². The van der Waals surface area contributed by atoms with E-state index in [1.807, 2.05) is 0 Å². The lowest BCUT2D eigenvalue weighted by atomic mass is 10.1. The van der Waals surface area contributed by atoms with Crippen LogP contribution in [0.1, 0.15) is 13.3 Å². The molecule has 3 amide bonds. The quantitative estimate of drug-likeness (QED) is 0.525. The highest BCUT2D eigenvalue weighted by atomic mass is 16.2. The molecular formula is C8H13N3O3. The molecule has 1 saturated heterocycles. The first-order valence-corrected chi connectivity index (χ1v) is 4.40. The van der Waals surface area contributed by atoms with Gasteiger partial charge in [0.25, 0.3) is 0 Å². The van der Waals surface area contributed by atoms with Crippen molar-refractivity contribution in [2.75, 3.05) is 13.1 Å². The topological polar surface area (TPSA) is 92.5 Å². The van der Waals surface area contributed by atoms with Gasteiger partial charge in [-0.05, 0) is 6.42 Å². The van der Waals surface area contributed by atoms with E-state index in [-0.39, 0.29) is 24.9 Å². The summed E-state index contributed by atoms with van der Waals surface area (Å²) in [6, 6.07) is -0.537.